The summed E-state index contributed by atoms with van der Waals surface area (Å²) in [5.74, 6) is 0. The van der Waals surface area contributed by atoms with Crippen molar-refractivity contribution in [1.29, 1.82) is 0 Å². The summed E-state index contributed by atoms with van der Waals surface area (Å²) in [7, 11) is 0. The van der Waals surface area contributed by atoms with Crippen molar-refractivity contribution in [3.63, 3.8) is 0 Å². The van der Waals surface area contributed by atoms with Gasteiger partial charge in [0, 0.05) is 44.4 Å². The van der Waals surface area contributed by atoms with Gasteiger partial charge in [-0.1, -0.05) is 18.6 Å². The summed E-state index contributed by atoms with van der Waals surface area (Å²) in [6.45, 7) is 6.32. The van der Waals surface area contributed by atoms with Crippen LogP contribution in [0.1, 0.15) is 25.0 Å². The van der Waals surface area contributed by atoms with Gasteiger partial charge in [-0.3, -0.25) is 0 Å². The third-order valence-corrected chi connectivity index (χ3v) is 2.56. The average Bonchev–Trinajstić information content (AvgIpc) is 2.17. The second-order valence-corrected chi connectivity index (χ2v) is 4.14. The minimum Gasteiger partial charge on any atom is -0.383 e. The van der Waals surface area contributed by atoms with E-state index >= 15 is 0 Å². The van der Waals surface area contributed by atoms with Gasteiger partial charge in [-0.15, -0.1) is 5.56 Å². The summed E-state index contributed by atoms with van der Waals surface area (Å²) in [5.41, 5.74) is 4.94. The molecule has 2 heteroatoms. The molecule has 0 spiro atoms. The minimum atomic E-state index is 0. The van der Waals surface area contributed by atoms with Crippen molar-refractivity contribution < 1.29 is 32.7 Å². The molecule has 0 aliphatic carbocycles. The fraction of sp³-hybridized carbons (Fsp3) is 0.286. The molecule has 0 saturated carbocycles. The Hall–Kier alpha value is -0.396. The van der Waals surface area contributed by atoms with Crippen LogP contribution in [-0.2, 0) is 32.7 Å². The molecule has 0 saturated heterocycles. The Morgan fingerprint density at radius 1 is 1.25 bits per heavy atom. The Bertz CT molecular complexity index is 415. The van der Waals surface area contributed by atoms with Gasteiger partial charge in [-0.25, -0.2) is 0 Å². The molecule has 1 heterocycles. The predicted molar refractivity (Wildman–Crippen MR) is 64.3 cm³/mol. The number of nitrogens with one attached hydrogen (secondary N) is 1. The van der Waals surface area contributed by atoms with Crippen LogP contribution in [0.3, 0.4) is 0 Å². The fourth-order valence-corrected chi connectivity index (χ4v) is 1.85. The molecule has 0 amide bonds. The summed E-state index contributed by atoms with van der Waals surface area (Å²) in [6, 6.07) is 9.96. The molecule has 1 nitrogen and oxygen atoms in total. The third-order valence-electron chi connectivity index (χ3n) is 2.56. The smallest absolute Gasteiger partial charge is 0.0411 e. The van der Waals surface area contributed by atoms with Gasteiger partial charge in [0.2, 0.25) is 0 Å². The summed E-state index contributed by atoms with van der Waals surface area (Å²) in [5, 5.41) is 3.36. The van der Waals surface area contributed by atoms with Crippen LogP contribution in [0.5, 0.6) is 0 Å². The molecule has 0 fully saturated rings. The summed E-state index contributed by atoms with van der Waals surface area (Å²) in [4.78, 5) is 0. The van der Waals surface area contributed by atoms with Crippen molar-refractivity contribution in [2.24, 2.45) is 0 Å². The van der Waals surface area contributed by atoms with E-state index in [-0.39, 0.29) is 32.7 Å². The zero-order chi connectivity index (χ0) is 10.8. The maximum absolute atomic E-state index is 3.36. The maximum Gasteiger partial charge on any atom is 0.0411 e. The minimum absolute atomic E-state index is 0. The molecule has 1 aliphatic rings. The van der Waals surface area contributed by atoms with Crippen molar-refractivity contribution in [2.45, 2.75) is 26.8 Å². The Balaban J connectivity index is 0.00000128. The number of dihydropyridines is 1. The van der Waals surface area contributed by atoms with Gasteiger partial charge < -0.3 is 5.32 Å². The summed E-state index contributed by atoms with van der Waals surface area (Å²) in [6.07, 6.45) is 4.42. The van der Waals surface area contributed by atoms with Crippen molar-refractivity contribution >= 4 is 5.57 Å². The third kappa shape index (κ3) is 3.30. The van der Waals surface area contributed by atoms with Crippen molar-refractivity contribution in [3.8, 4) is 0 Å². The summed E-state index contributed by atoms with van der Waals surface area (Å²) < 4.78 is 0. The van der Waals surface area contributed by atoms with E-state index in [0.717, 1.165) is 0 Å². The number of rotatable bonds is 1. The van der Waals surface area contributed by atoms with Crippen LogP contribution in [-0.4, -0.2) is 6.04 Å². The van der Waals surface area contributed by atoms with Crippen LogP contribution in [0.15, 0.2) is 36.0 Å². The van der Waals surface area contributed by atoms with Crippen LogP contribution < -0.4 is 5.32 Å². The molecule has 1 unspecified atom stereocenters. The first-order valence-corrected chi connectivity index (χ1v) is 5.30. The van der Waals surface area contributed by atoms with Gasteiger partial charge in [0.15, 0.2) is 0 Å². The first-order chi connectivity index (χ1) is 7.15. The Kier molecular flexibility index (Phi) is 4.95. The molecule has 2 rings (SSSR count). The molecular weight excluding hydrogens is 271 g/mol. The summed E-state index contributed by atoms with van der Waals surface area (Å²) >= 11 is 0. The van der Waals surface area contributed by atoms with Crippen molar-refractivity contribution in [2.75, 3.05) is 0 Å². The van der Waals surface area contributed by atoms with E-state index in [1.54, 1.807) is 0 Å². The molecule has 1 aromatic rings. The number of hydrogen-bond donors (Lipinski definition) is 1. The zero-order valence-corrected chi connectivity index (χ0v) is 12.9. The van der Waals surface area contributed by atoms with Crippen LogP contribution in [0.2, 0.25) is 0 Å². The second-order valence-electron chi connectivity index (χ2n) is 4.14. The van der Waals surface area contributed by atoms with Crippen LogP contribution in [0.25, 0.3) is 5.57 Å². The van der Waals surface area contributed by atoms with E-state index in [9.17, 15) is 0 Å². The second kappa shape index (κ2) is 5.79. The van der Waals surface area contributed by atoms with E-state index in [2.05, 4.69) is 62.5 Å². The molecular formula is C14H16NY-. The van der Waals surface area contributed by atoms with Gasteiger partial charge >= 0.3 is 0 Å². The van der Waals surface area contributed by atoms with Crippen LogP contribution >= 0.6 is 0 Å². The van der Waals surface area contributed by atoms with Gasteiger partial charge in [0.05, 0.1) is 0 Å². The number of aryl methyl sites for hydroxylation is 1. The van der Waals surface area contributed by atoms with Gasteiger partial charge in [0.25, 0.3) is 0 Å². The Morgan fingerprint density at radius 3 is 2.56 bits per heavy atom. The van der Waals surface area contributed by atoms with E-state index < -0.39 is 0 Å². The maximum atomic E-state index is 3.36. The number of benzene rings is 1. The molecule has 1 aliphatic heterocycles. The van der Waals surface area contributed by atoms with E-state index in [0.29, 0.717) is 6.04 Å². The first-order valence-electron chi connectivity index (χ1n) is 5.30. The van der Waals surface area contributed by atoms with E-state index in [1.807, 2.05) is 0 Å². The first kappa shape index (κ1) is 13.7. The van der Waals surface area contributed by atoms with Crippen molar-refractivity contribution in [1.82, 2.24) is 5.32 Å². The zero-order valence-electron chi connectivity index (χ0n) is 10.0. The molecule has 1 N–H and O–H groups in total. The number of allylic oxidation sites excluding steroid dienone is 3. The fourth-order valence-electron chi connectivity index (χ4n) is 1.85. The predicted octanol–water partition coefficient (Wildman–Crippen LogP) is 3.07. The molecule has 16 heavy (non-hydrogen) atoms. The van der Waals surface area contributed by atoms with Gasteiger partial charge in [-0.05, 0) is 19.9 Å². The normalized spacial score (nSPS) is 19.1. The van der Waals surface area contributed by atoms with Crippen molar-refractivity contribution in [3.05, 3.63) is 53.2 Å². The molecule has 1 atom stereocenters. The molecule has 81 valence electrons. The number of hydrogen-bond acceptors (Lipinski definition) is 1. The largest absolute Gasteiger partial charge is 0.383 e. The molecule has 0 bridgehead atoms. The Morgan fingerprint density at radius 2 is 2.00 bits per heavy atom. The SMILES string of the molecule is CC1=CC(c2c[c-]c(C)cc2)=CC(C)N1.[Y]. The average molecular weight is 287 g/mol. The van der Waals surface area contributed by atoms with Gasteiger partial charge in [-0.2, -0.15) is 29.8 Å². The van der Waals surface area contributed by atoms with Crippen LogP contribution in [0, 0.1) is 13.0 Å². The standard InChI is InChI=1S/C14H16N.Y/c1-10-4-6-13(7-5-10)14-8-11(2)15-12(3)9-14;/h4,6-9,11,15H,1-3H3;/q-1;. The van der Waals surface area contributed by atoms with E-state index in [4.69, 9.17) is 0 Å². The topological polar surface area (TPSA) is 12.0 Å². The molecule has 1 aromatic carbocycles. The monoisotopic (exact) mass is 287 g/mol. The Labute approximate surface area is 123 Å². The van der Waals surface area contributed by atoms with Crippen LogP contribution in [0.4, 0.5) is 0 Å². The molecule has 0 aromatic heterocycles. The molecule has 1 radical (unpaired) electrons. The quantitative estimate of drug-likeness (QED) is 0.783. The van der Waals surface area contributed by atoms with Gasteiger partial charge in [0.1, 0.15) is 0 Å². The van der Waals surface area contributed by atoms with E-state index in [1.165, 1.54) is 22.4 Å².